The third-order valence-corrected chi connectivity index (χ3v) is 3.10. The second-order valence-electron chi connectivity index (χ2n) is 4.97. The highest BCUT2D eigenvalue weighted by molar-refractivity contribution is 6.69. The van der Waals surface area contributed by atoms with Gasteiger partial charge in [-0.2, -0.15) is 0 Å². The molecule has 0 unspecified atom stereocenters. The standard InChI is InChI=1S/C9H22OSi/c1-8(2)9(3,4)10-11(5,6)7/h8H,1-7H3. The normalized spacial score (nSPS) is 14.2. The molecule has 0 spiro atoms. The fourth-order valence-electron chi connectivity index (χ4n) is 0.907. The Balaban J connectivity index is 4.13. The monoisotopic (exact) mass is 174 g/mol. The highest BCUT2D eigenvalue weighted by Gasteiger charge is 2.29. The van der Waals surface area contributed by atoms with Crippen LogP contribution in [0.15, 0.2) is 0 Å². The summed E-state index contributed by atoms with van der Waals surface area (Å²) >= 11 is 0. The smallest absolute Gasteiger partial charge is 0.184 e. The highest BCUT2D eigenvalue weighted by Crippen LogP contribution is 2.24. The molecule has 11 heavy (non-hydrogen) atoms. The van der Waals surface area contributed by atoms with Crippen molar-refractivity contribution in [1.29, 1.82) is 0 Å². The van der Waals surface area contributed by atoms with E-state index < -0.39 is 8.32 Å². The zero-order chi connectivity index (χ0) is 9.28. The average molecular weight is 174 g/mol. The van der Waals surface area contributed by atoms with E-state index in [0.717, 1.165) is 0 Å². The minimum absolute atomic E-state index is 0.0461. The van der Waals surface area contributed by atoms with E-state index in [2.05, 4.69) is 47.3 Å². The number of hydrogen-bond acceptors (Lipinski definition) is 1. The first-order chi connectivity index (χ1) is 4.65. The van der Waals surface area contributed by atoms with E-state index in [1.54, 1.807) is 0 Å². The molecule has 0 atom stereocenters. The molecular weight excluding hydrogens is 152 g/mol. The van der Waals surface area contributed by atoms with Gasteiger partial charge in [0, 0.05) is 0 Å². The zero-order valence-corrected chi connectivity index (χ0v) is 9.99. The molecule has 0 aromatic heterocycles. The first-order valence-electron chi connectivity index (χ1n) is 4.35. The van der Waals surface area contributed by atoms with E-state index in [0.29, 0.717) is 5.92 Å². The molecule has 0 aromatic carbocycles. The topological polar surface area (TPSA) is 9.23 Å². The fraction of sp³-hybridized carbons (Fsp3) is 1.00. The van der Waals surface area contributed by atoms with Crippen LogP contribution in [0.1, 0.15) is 27.7 Å². The third kappa shape index (κ3) is 4.59. The van der Waals surface area contributed by atoms with Gasteiger partial charge in [-0.15, -0.1) is 0 Å². The molecule has 0 aliphatic heterocycles. The molecule has 0 fully saturated rings. The molecule has 0 heterocycles. The maximum Gasteiger partial charge on any atom is 0.184 e. The van der Waals surface area contributed by atoms with Crippen LogP contribution in [0.4, 0.5) is 0 Å². The van der Waals surface area contributed by atoms with Gasteiger partial charge >= 0.3 is 0 Å². The van der Waals surface area contributed by atoms with Crippen LogP contribution in [0.3, 0.4) is 0 Å². The largest absolute Gasteiger partial charge is 0.412 e. The Kier molecular flexibility index (Phi) is 3.33. The van der Waals surface area contributed by atoms with E-state index in [1.165, 1.54) is 0 Å². The minimum Gasteiger partial charge on any atom is -0.412 e. The van der Waals surface area contributed by atoms with Gasteiger partial charge in [0.2, 0.25) is 0 Å². The first kappa shape index (κ1) is 11.2. The van der Waals surface area contributed by atoms with Gasteiger partial charge in [-0.25, -0.2) is 0 Å². The lowest BCUT2D eigenvalue weighted by atomic mass is 9.95. The van der Waals surface area contributed by atoms with E-state index in [9.17, 15) is 0 Å². The molecule has 1 nitrogen and oxygen atoms in total. The van der Waals surface area contributed by atoms with Crippen LogP contribution in [-0.2, 0) is 4.43 Å². The van der Waals surface area contributed by atoms with Crippen LogP contribution in [0.2, 0.25) is 19.6 Å². The third-order valence-electron chi connectivity index (χ3n) is 1.96. The van der Waals surface area contributed by atoms with Gasteiger partial charge in [0.1, 0.15) is 0 Å². The van der Waals surface area contributed by atoms with Crippen LogP contribution >= 0.6 is 0 Å². The SMILES string of the molecule is CC(C)C(C)(C)O[Si](C)(C)C. The molecule has 0 radical (unpaired) electrons. The zero-order valence-electron chi connectivity index (χ0n) is 8.99. The highest BCUT2D eigenvalue weighted by atomic mass is 28.4. The van der Waals surface area contributed by atoms with Crippen LogP contribution < -0.4 is 0 Å². The lowest BCUT2D eigenvalue weighted by molar-refractivity contribution is 0.0521. The Morgan fingerprint density at radius 1 is 1.09 bits per heavy atom. The summed E-state index contributed by atoms with van der Waals surface area (Å²) in [6.45, 7) is 15.5. The van der Waals surface area contributed by atoms with Crippen molar-refractivity contribution in [1.82, 2.24) is 0 Å². The molecule has 0 amide bonds. The Labute approximate surface area is 72.3 Å². The second-order valence-corrected chi connectivity index (χ2v) is 9.40. The van der Waals surface area contributed by atoms with Gasteiger partial charge in [0.05, 0.1) is 5.60 Å². The van der Waals surface area contributed by atoms with Gasteiger partial charge < -0.3 is 4.43 Å². The van der Waals surface area contributed by atoms with E-state index in [1.807, 2.05) is 0 Å². The summed E-state index contributed by atoms with van der Waals surface area (Å²) < 4.78 is 6.03. The van der Waals surface area contributed by atoms with Crippen molar-refractivity contribution in [2.45, 2.75) is 52.9 Å². The Bertz CT molecular complexity index is 122. The summed E-state index contributed by atoms with van der Waals surface area (Å²) in [7, 11) is -1.36. The minimum atomic E-state index is -1.36. The van der Waals surface area contributed by atoms with Crippen molar-refractivity contribution in [3.05, 3.63) is 0 Å². The van der Waals surface area contributed by atoms with Gasteiger partial charge in [-0.1, -0.05) is 13.8 Å². The molecule has 0 rings (SSSR count). The van der Waals surface area contributed by atoms with Crippen molar-refractivity contribution < 1.29 is 4.43 Å². The summed E-state index contributed by atoms with van der Waals surface area (Å²) in [5, 5.41) is 0. The van der Waals surface area contributed by atoms with Crippen molar-refractivity contribution >= 4 is 8.32 Å². The lowest BCUT2D eigenvalue weighted by Crippen LogP contribution is -2.41. The molecule has 0 aromatic rings. The van der Waals surface area contributed by atoms with Crippen molar-refractivity contribution in [3.63, 3.8) is 0 Å². The Morgan fingerprint density at radius 3 is 1.55 bits per heavy atom. The van der Waals surface area contributed by atoms with Gasteiger partial charge in [-0.05, 0) is 39.4 Å². The number of hydrogen-bond donors (Lipinski definition) is 0. The maximum absolute atomic E-state index is 6.03. The van der Waals surface area contributed by atoms with E-state index in [4.69, 9.17) is 4.43 Å². The summed E-state index contributed by atoms with van der Waals surface area (Å²) in [6, 6.07) is 0. The molecule has 0 bridgehead atoms. The quantitative estimate of drug-likeness (QED) is 0.597. The summed E-state index contributed by atoms with van der Waals surface area (Å²) in [5.41, 5.74) is 0.0461. The molecule has 0 saturated heterocycles. The van der Waals surface area contributed by atoms with Crippen molar-refractivity contribution in [3.8, 4) is 0 Å². The lowest BCUT2D eigenvalue weighted by Gasteiger charge is -2.36. The molecule has 68 valence electrons. The predicted molar refractivity (Wildman–Crippen MR) is 53.3 cm³/mol. The molecule has 2 heteroatoms. The summed E-state index contributed by atoms with van der Waals surface area (Å²) in [4.78, 5) is 0. The van der Waals surface area contributed by atoms with Gasteiger partial charge in [-0.3, -0.25) is 0 Å². The van der Waals surface area contributed by atoms with Crippen LogP contribution in [0.25, 0.3) is 0 Å². The second kappa shape index (κ2) is 3.28. The molecular formula is C9H22OSi. The van der Waals surface area contributed by atoms with Crippen LogP contribution in [0, 0.1) is 5.92 Å². The number of rotatable bonds is 3. The van der Waals surface area contributed by atoms with E-state index in [-0.39, 0.29) is 5.60 Å². The van der Waals surface area contributed by atoms with Crippen LogP contribution in [0.5, 0.6) is 0 Å². The average Bonchev–Trinajstić information content (AvgIpc) is 1.56. The Morgan fingerprint density at radius 2 is 1.45 bits per heavy atom. The van der Waals surface area contributed by atoms with Gasteiger partial charge in [0.15, 0.2) is 8.32 Å². The Hall–Kier alpha value is 0.177. The fourth-order valence-corrected chi connectivity index (χ4v) is 2.72. The predicted octanol–water partition coefficient (Wildman–Crippen LogP) is 3.27. The molecule has 0 aliphatic rings. The molecule has 0 saturated carbocycles. The molecule has 0 aliphatic carbocycles. The first-order valence-corrected chi connectivity index (χ1v) is 7.76. The molecule has 0 N–H and O–H groups in total. The van der Waals surface area contributed by atoms with Crippen molar-refractivity contribution in [2.75, 3.05) is 0 Å². The van der Waals surface area contributed by atoms with Gasteiger partial charge in [0.25, 0.3) is 0 Å². The van der Waals surface area contributed by atoms with Crippen molar-refractivity contribution in [2.24, 2.45) is 5.92 Å². The summed E-state index contributed by atoms with van der Waals surface area (Å²) in [6.07, 6.45) is 0. The maximum atomic E-state index is 6.03. The van der Waals surface area contributed by atoms with E-state index >= 15 is 0 Å². The summed E-state index contributed by atoms with van der Waals surface area (Å²) in [5.74, 6) is 0.592. The van der Waals surface area contributed by atoms with Crippen LogP contribution in [-0.4, -0.2) is 13.9 Å².